The molecule has 9 unspecified atom stereocenters. The molecule has 1 rings (SSSR count). The van der Waals surface area contributed by atoms with Gasteiger partial charge in [0.2, 0.25) is 5.91 Å². The fourth-order valence-electron chi connectivity index (χ4n) is 9.86. The molecule has 68 heavy (non-hydrogen) atoms. The summed E-state index contributed by atoms with van der Waals surface area (Å²) in [6, 6.07) is -1.16. The second-order valence-electron chi connectivity index (χ2n) is 21.1. The largest absolute Gasteiger partial charge is 0.394 e. The summed E-state index contributed by atoms with van der Waals surface area (Å²) in [5.74, 6) is -0.689. The van der Waals surface area contributed by atoms with Gasteiger partial charge in [-0.3, -0.25) is 4.79 Å². The Bertz CT molecular complexity index is 1070. The topological polar surface area (TPSA) is 189 Å². The van der Waals surface area contributed by atoms with Crippen molar-refractivity contribution in [2.24, 2.45) is 0 Å². The number of aliphatic hydroxyl groups excluding tert-OH is 7. The lowest BCUT2D eigenvalue weighted by atomic mass is 9.98. The van der Waals surface area contributed by atoms with E-state index in [9.17, 15) is 40.5 Å². The number of carbonyl (C=O) groups excluding carboxylic acids is 1. The molecule has 406 valence electrons. The van der Waals surface area contributed by atoms with Crippen molar-refractivity contribution >= 4 is 5.91 Å². The maximum Gasteiger partial charge on any atom is 0.249 e. The molecule has 1 aliphatic rings. The number of unbranched alkanes of at least 4 members (excludes halogenated alkanes) is 39. The molecule has 9 atom stereocenters. The summed E-state index contributed by atoms with van der Waals surface area (Å²) < 4.78 is 11.2. The van der Waals surface area contributed by atoms with E-state index in [0.29, 0.717) is 19.3 Å². The predicted octanol–water partition coefficient (Wildman–Crippen LogP) is 12.2. The SMILES string of the molecule is CCCCCCCCCCCCCCCCCCCCCCCCC(O)C(=O)NC(COC1OC(CO)C(O)C(O)C1O)C(O)C(O)CCCCCCCCCCCCCCCCCCCCC. The van der Waals surface area contributed by atoms with E-state index in [-0.39, 0.29) is 6.42 Å². The van der Waals surface area contributed by atoms with Gasteiger partial charge < -0.3 is 50.5 Å². The smallest absolute Gasteiger partial charge is 0.249 e. The molecule has 0 bridgehead atoms. The van der Waals surface area contributed by atoms with Gasteiger partial charge in [0.25, 0.3) is 0 Å². The van der Waals surface area contributed by atoms with Gasteiger partial charge in [0.15, 0.2) is 6.29 Å². The molecule has 0 radical (unpaired) electrons. The lowest BCUT2D eigenvalue weighted by molar-refractivity contribution is -0.303. The molecule has 0 aromatic rings. The van der Waals surface area contributed by atoms with Crippen molar-refractivity contribution in [1.29, 1.82) is 0 Å². The number of amides is 1. The second kappa shape index (κ2) is 47.1. The van der Waals surface area contributed by atoms with Crippen LogP contribution in [0.3, 0.4) is 0 Å². The maximum absolute atomic E-state index is 13.2. The Balaban J connectivity index is 2.29. The Morgan fingerprint density at radius 2 is 0.765 bits per heavy atom. The van der Waals surface area contributed by atoms with E-state index >= 15 is 0 Å². The van der Waals surface area contributed by atoms with Crippen LogP contribution < -0.4 is 5.32 Å². The molecule has 1 aliphatic heterocycles. The first kappa shape index (κ1) is 65.1. The van der Waals surface area contributed by atoms with E-state index in [1.807, 2.05) is 0 Å². The quantitative estimate of drug-likeness (QED) is 0.0272. The molecule has 1 heterocycles. The predicted molar refractivity (Wildman–Crippen MR) is 280 cm³/mol. The molecule has 0 aromatic heterocycles. The minimum atomic E-state index is -1.66. The lowest BCUT2D eigenvalue weighted by Crippen LogP contribution is -2.60. The standard InChI is InChI=1S/C57H113NO10/c1-3-5-7-9-11-13-15-17-19-21-23-24-25-27-29-31-33-35-37-39-41-43-45-50(61)56(66)58-48(47-67-57-55(65)54(64)53(63)51(46-59)68-57)52(62)49(60)44-42-40-38-36-34-32-30-28-26-22-20-18-16-14-12-10-8-6-4-2/h48-55,57,59-65H,3-47H2,1-2H3,(H,58,66). The van der Waals surface area contributed by atoms with Crippen LogP contribution in [-0.2, 0) is 14.3 Å². The summed E-state index contributed by atoms with van der Waals surface area (Å²) in [5, 5.41) is 76.2. The minimum absolute atomic E-state index is 0.267. The van der Waals surface area contributed by atoms with Crippen LogP contribution >= 0.6 is 0 Å². The summed E-state index contributed by atoms with van der Waals surface area (Å²) in [6.07, 6.45) is 41.5. The number of hydrogen-bond donors (Lipinski definition) is 8. The van der Waals surface area contributed by atoms with Gasteiger partial charge in [-0.15, -0.1) is 0 Å². The average molecular weight is 973 g/mol. The van der Waals surface area contributed by atoms with Crippen molar-refractivity contribution in [3.63, 3.8) is 0 Å². The number of carbonyl (C=O) groups is 1. The van der Waals surface area contributed by atoms with E-state index in [4.69, 9.17) is 9.47 Å². The zero-order valence-electron chi connectivity index (χ0n) is 44.4. The number of hydrogen-bond acceptors (Lipinski definition) is 10. The monoisotopic (exact) mass is 972 g/mol. The number of ether oxygens (including phenoxy) is 2. The first-order valence-corrected chi connectivity index (χ1v) is 29.4. The number of aliphatic hydroxyl groups is 7. The van der Waals surface area contributed by atoms with Gasteiger partial charge in [-0.1, -0.05) is 277 Å². The summed E-state index contributed by atoms with van der Waals surface area (Å²) in [7, 11) is 0. The van der Waals surface area contributed by atoms with Crippen LogP contribution in [0.2, 0.25) is 0 Å². The molecule has 1 saturated heterocycles. The Morgan fingerprint density at radius 1 is 0.456 bits per heavy atom. The average Bonchev–Trinajstić information content (AvgIpc) is 3.34. The molecule has 1 fully saturated rings. The lowest BCUT2D eigenvalue weighted by Gasteiger charge is -2.40. The zero-order chi connectivity index (χ0) is 49.7. The third-order valence-electron chi connectivity index (χ3n) is 14.7. The van der Waals surface area contributed by atoms with E-state index in [1.165, 1.54) is 212 Å². The summed E-state index contributed by atoms with van der Waals surface area (Å²) in [5.41, 5.74) is 0. The zero-order valence-corrected chi connectivity index (χ0v) is 44.4. The van der Waals surface area contributed by atoms with Gasteiger partial charge in [-0.25, -0.2) is 0 Å². The summed E-state index contributed by atoms with van der Waals surface area (Å²) >= 11 is 0. The van der Waals surface area contributed by atoms with Gasteiger partial charge in [0.05, 0.1) is 25.4 Å². The normalized spacial score (nSPS) is 20.4. The molecule has 8 N–H and O–H groups in total. The molecule has 1 amide bonds. The summed E-state index contributed by atoms with van der Waals surface area (Å²) in [4.78, 5) is 13.2. The van der Waals surface area contributed by atoms with Crippen LogP contribution in [0, 0.1) is 0 Å². The summed E-state index contributed by atoms with van der Waals surface area (Å²) in [6.45, 7) is 3.50. The Morgan fingerprint density at radius 3 is 1.09 bits per heavy atom. The van der Waals surface area contributed by atoms with Gasteiger partial charge in [-0.2, -0.15) is 0 Å². The van der Waals surface area contributed by atoms with Crippen molar-refractivity contribution in [1.82, 2.24) is 5.32 Å². The van der Waals surface area contributed by atoms with Gasteiger partial charge in [-0.05, 0) is 12.8 Å². The van der Waals surface area contributed by atoms with Crippen LogP contribution in [0.15, 0.2) is 0 Å². The van der Waals surface area contributed by atoms with E-state index in [1.54, 1.807) is 0 Å². The second-order valence-corrected chi connectivity index (χ2v) is 21.1. The molecule has 11 nitrogen and oxygen atoms in total. The minimum Gasteiger partial charge on any atom is -0.394 e. The van der Waals surface area contributed by atoms with E-state index in [2.05, 4.69) is 19.2 Å². The Labute approximate surface area is 418 Å². The van der Waals surface area contributed by atoms with Crippen molar-refractivity contribution in [3.8, 4) is 0 Å². The van der Waals surface area contributed by atoms with Crippen molar-refractivity contribution in [2.75, 3.05) is 13.2 Å². The third-order valence-corrected chi connectivity index (χ3v) is 14.7. The van der Waals surface area contributed by atoms with Crippen molar-refractivity contribution in [2.45, 2.75) is 345 Å². The molecule has 0 aliphatic carbocycles. The van der Waals surface area contributed by atoms with Crippen LogP contribution in [0.25, 0.3) is 0 Å². The molecule has 11 heteroatoms. The Hall–Kier alpha value is -0.890. The van der Waals surface area contributed by atoms with Gasteiger partial charge >= 0.3 is 0 Å². The highest BCUT2D eigenvalue weighted by molar-refractivity contribution is 5.80. The molecule has 0 aromatic carbocycles. The number of rotatable bonds is 51. The van der Waals surface area contributed by atoms with E-state index in [0.717, 1.165) is 38.5 Å². The molecular weight excluding hydrogens is 859 g/mol. The van der Waals surface area contributed by atoms with Gasteiger partial charge in [0, 0.05) is 0 Å². The fourth-order valence-corrected chi connectivity index (χ4v) is 9.86. The van der Waals surface area contributed by atoms with Crippen LogP contribution in [0.4, 0.5) is 0 Å². The molecular formula is C57H113NO10. The highest BCUT2D eigenvalue weighted by atomic mass is 16.7. The van der Waals surface area contributed by atoms with Gasteiger partial charge in [0.1, 0.15) is 36.6 Å². The third kappa shape index (κ3) is 35.3. The van der Waals surface area contributed by atoms with Crippen LogP contribution in [0.5, 0.6) is 0 Å². The van der Waals surface area contributed by atoms with Crippen LogP contribution in [-0.4, -0.2) is 110 Å². The van der Waals surface area contributed by atoms with E-state index < -0.39 is 74.2 Å². The first-order chi connectivity index (χ1) is 33.2. The maximum atomic E-state index is 13.2. The Kier molecular flexibility index (Phi) is 45.1. The number of nitrogens with one attached hydrogen (secondary N) is 1. The highest BCUT2D eigenvalue weighted by Gasteiger charge is 2.44. The first-order valence-electron chi connectivity index (χ1n) is 29.4. The molecule has 0 saturated carbocycles. The molecule has 0 spiro atoms. The van der Waals surface area contributed by atoms with Crippen molar-refractivity contribution in [3.05, 3.63) is 0 Å². The fraction of sp³-hybridized carbons (Fsp3) is 0.982. The highest BCUT2D eigenvalue weighted by Crippen LogP contribution is 2.24. The van der Waals surface area contributed by atoms with Crippen molar-refractivity contribution < 1.29 is 50.0 Å². The van der Waals surface area contributed by atoms with Crippen LogP contribution in [0.1, 0.15) is 290 Å².